The van der Waals surface area contributed by atoms with Gasteiger partial charge in [0.2, 0.25) is 0 Å². The molecule has 12 aromatic carbocycles. The van der Waals surface area contributed by atoms with Crippen molar-refractivity contribution in [1.82, 2.24) is 0 Å². The first-order valence-corrected chi connectivity index (χ1v) is 28.7. The van der Waals surface area contributed by atoms with E-state index in [2.05, 4.69) is 381 Å². The molecule has 83 heavy (non-hydrogen) atoms. The van der Waals surface area contributed by atoms with E-state index in [0.717, 1.165) is 101 Å². The van der Waals surface area contributed by atoms with Gasteiger partial charge in [0, 0.05) is 91.0 Å². The van der Waals surface area contributed by atoms with Crippen molar-refractivity contribution in [2.24, 2.45) is 0 Å². The molecule has 0 atom stereocenters. The zero-order valence-electron chi connectivity index (χ0n) is 45.6. The fourth-order valence-electron chi connectivity index (χ4n) is 10.8. The predicted molar refractivity (Wildman–Crippen MR) is 352 cm³/mol. The Morgan fingerprint density at radius 1 is 0.120 bits per heavy atom. The standard InChI is InChI=1S/C76H58N6S/c1-9-25-59(26-10-1)77(60-27-11-2-12-28-60)67-41-49-71(50-42-67)81(72-51-43-68(44-52-72)78(61-29-13-3-14-30-61)62-31-15-4-16-32-62)75-57-58-76(83-75)82(73-53-45-69(46-54-73)79(63-33-17-5-18-34-63)64-35-19-6-20-36-64)74-55-47-70(48-56-74)80(65-37-21-7-22-38-65)66-39-23-8-24-40-66/h1-58H. The van der Waals surface area contributed by atoms with Crippen LogP contribution in [-0.2, 0) is 0 Å². The molecule has 0 bridgehead atoms. The lowest BCUT2D eigenvalue weighted by Crippen LogP contribution is -2.13. The molecule has 0 radical (unpaired) electrons. The van der Waals surface area contributed by atoms with Crippen molar-refractivity contribution in [3.8, 4) is 0 Å². The zero-order chi connectivity index (χ0) is 55.6. The van der Waals surface area contributed by atoms with E-state index >= 15 is 0 Å². The van der Waals surface area contributed by atoms with Gasteiger partial charge in [-0.15, -0.1) is 0 Å². The molecular formula is C76H58N6S. The molecule has 0 fully saturated rings. The first-order chi connectivity index (χ1) is 41.2. The number of thiophene rings is 1. The third kappa shape index (κ3) is 11.2. The Balaban J connectivity index is 0.930. The number of hydrogen-bond donors (Lipinski definition) is 0. The predicted octanol–water partition coefficient (Wildman–Crippen LogP) is 22.6. The van der Waals surface area contributed by atoms with Crippen molar-refractivity contribution in [3.05, 3.63) is 352 Å². The van der Waals surface area contributed by atoms with Crippen LogP contribution in [0.25, 0.3) is 0 Å². The zero-order valence-corrected chi connectivity index (χ0v) is 46.4. The lowest BCUT2D eigenvalue weighted by atomic mass is 10.1. The van der Waals surface area contributed by atoms with Crippen LogP contribution in [0.15, 0.2) is 352 Å². The summed E-state index contributed by atoms with van der Waals surface area (Å²) in [6, 6.07) is 125. The maximum Gasteiger partial charge on any atom is 0.102 e. The first-order valence-electron chi connectivity index (χ1n) is 27.9. The molecule has 0 unspecified atom stereocenters. The quantitative estimate of drug-likeness (QED) is 0.0847. The first kappa shape index (κ1) is 51.6. The Bertz CT molecular complexity index is 3420. The van der Waals surface area contributed by atoms with Crippen molar-refractivity contribution in [3.63, 3.8) is 0 Å². The summed E-state index contributed by atoms with van der Waals surface area (Å²) in [5, 5.41) is 2.12. The normalized spacial score (nSPS) is 10.9. The lowest BCUT2D eigenvalue weighted by Gasteiger charge is -2.29. The third-order valence-corrected chi connectivity index (χ3v) is 15.7. The molecule has 0 N–H and O–H groups in total. The van der Waals surface area contributed by atoms with Crippen molar-refractivity contribution in [1.29, 1.82) is 0 Å². The van der Waals surface area contributed by atoms with E-state index in [1.807, 2.05) is 0 Å². The van der Waals surface area contributed by atoms with Gasteiger partial charge in [-0.3, -0.25) is 0 Å². The smallest absolute Gasteiger partial charge is 0.102 e. The Hall–Kier alpha value is -10.9. The topological polar surface area (TPSA) is 19.4 Å². The summed E-state index contributed by atoms with van der Waals surface area (Å²) in [4.78, 5) is 14.0. The highest BCUT2D eigenvalue weighted by molar-refractivity contribution is 7.20. The second-order valence-electron chi connectivity index (χ2n) is 19.9. The highest BCUT2D eigenvalue weighted by atomic mass is 32.1. The summed E-state index contributed by atoms with van der Waals surface area (Å²) in [6.07, 6.45) is 0. The van der Waals surface area contributed by atoms with Gasteiger partial charge in [-0.2, -0.15) is 0 Å². The van der Waals surface area contributed by atoms with Gasteiger partial charge >= 0.3 is 0 Å². The molecule has 0 saturated heterocycles. The van der Waals surface area contributed by atoms with E-state index in [9.17, 15) is 0 Å². The largest absolute Gasteiger partial charge is 0.311 e. The molecule has 0 aliphatic rings. The van der Waals surface area contributed by atoms with E-state index < -0.39 is 0 Å². The van der Waals surface area contributed by atoms with Gasteiger partial charge in [0.1, 0.15) is 10.0 Å². The number of nitrogens with zero attached hydrogens (tertiary/aromatic N) is 6. The van der Waals surface area contributed by atoms with Gasteiger partial charge in [-0.05, 0) is 206 Å². The number of rotatable bonds is 18. The van der Waals surface area contributed by atoms with Crippen LogP contribution >= 0.6 is 11.3 Å². The Kier molecular flexibility index (Phi) is 15.1. The van der Waals surface area contributed by atoms with Crippen LogP contribution in [0.2, 0.25) is 0 Å². The van der Waals surface area contributed by atoms with Crippen molar-refractivity contribution >= 4 is 112 Å². The number of anilines is 18. The van der Waals surface area contributed by atoms with E-state index in [1.54, 1.807) is 11.3 Å². The van der Waals surface area contributed by atoms with Crippen molar-refractivity contribution < 1.29 is 0 Å². The second-order valence-corrected chi connectivity index (χ2v) is 20.9. The number of para-hydroxylation sites is 8. The Labute approximate surface area is 490 Å². The molecule has 1 aromatic heterocycles. The minimum atomic E-state index is 1.03. The summed E-state index contributed by atoms with van der Waals surface area (Å²) in [7, 11) is 0. The Morgan fingerprint density at radius 2 is 0.241 bits per heavy atom. The van der Waals surface area contributed by atoms with Crippen molar-refractivity contribution in [2.75, 3.05) is 29.4 Å². The minimum Gasteiger partial charge on any atom is -0.311 e. The molecular weight excluding hydrogens is 1030 g/mol. The fraction of sp³-hybridized carbons (Fsp3) is 0. The maximum absolute atomic E-state index is 2.38. The van der Waals surface area contributed by atoms with E-state index in [-0.39, 0.29) is 0 Å². The number of hydrogen-bond acceptors (Lipinski definition) is 7. The molecule has 0 spiro atoms. The van der Waals surface area contributed by atoms with Crippen LogP contribution in [0, 0.1) is 0 Å². The van der Waals surface area contributed by atoms with Crippen LogP contribution in [0.3, 0.4) is 0 Å². The molecule has 0 aliphatic heterocycles. The molecule has 13 aromatic rings. The van der Waals surface area contributed by atoms with Crippen molar-refractivity contribution in [2.45, 2.75) is 0 Å². The van der Waals surface area contributed by atoms with Crippen LogP contribution in [0.1, 0.15) is 0 Å². The average molecular weight is 1090 g/mol. The average Bonchev–Trinajstić information content (AvgIpc) is 4.10. The van der Waals surface area contributed by atoms with E-state index in [1.165, 1.54) is 0 Å². The molecule has 6 nitrogen and oxygen atoms in total. The summed E-state index contributed by atoms with van der Waals surface area (Å²) in [5.74, 6) is 0. The highest BCUT2D eigenvalue weighted by Crippen LogP contribution is 2.49. The summed E-state index contributed by atoms with van der Waals surface area (Å²) in [6.45, 7) is 0. The second kappa shape index (κ2) is 24.2. The van der Waals surface area contributed by atoms with E-state index in [0.29, 0.717) is 0 Å². The molecule has 1 heterocycles. The molecule has 13 rings (SSSR count). The molecule has 0 saturated carbocycles. The molecule has 0 aliphatic carbocycles. The van der Waals surface area contributed by atoms with Gasteiger partial charge in [-0.1, -0.05) is 157 Å². The van der Waals surface area contributed by atoms with Crippen LogP contribution in [-0.4, -0.2) is 0 Å². The summed E-state index contributed by atoms with van der Waals surface area (Å²) in [5.41, 5.74) is 17.1. The highest BCUT2D eigenvalue weighted by Gasteiger charge is 2.23. The van der Waals surface area contributed by atoms with Gasteiger partial charge < -0.3 is 29.4 Å². The summed E-state index contributed by atoms with van der Waals surface area (Å²) < 4.78 is 0. The fourth-order valence-corrected chi connectivity index (χ4v) is 11.9. The maximum atomic E-state index is 2.38. The van der Waals surface area contributed by atoms with Gasteiger partial charge in [0.15, 0.2) is 0 Å². The van der Waals surface area contributed by atoms with Gasteiger partial charge in [-0.25, -0.2) is 0 Å². The van der Waals surface area contributed by atoms with Crippen LogP contribution < -0.4 is 29.4 Å². The Morgan fingerprint density at radius 3 is 0.386 bits per heavy atom. The molecule has 0 amide bonds. The summed E-state index contributed by atoms with van der Waals surface area (Å²) >= 11 is 1.76. The lowest BCUT2D eigenvalue weighted by molar-refractivity contribution is 1.26. The minimum absolute atomic E-state index is 1.03. The molecule has 7 heteroatoms. The molecule has 398 valence electrons. The SMILES string of the molecule is c1ccc(N(c2ccccc2)c2ccc(N(c3ccc(N(c4ccccc4)c4ccccc4)cc3)c3ccc(N(c4ccc(N(c5ccccc5)c5ccccc5)cc4)c4ccc(N(c5ccccc5)c5ccccc5)cc4)s3)cc2)cc1. The van der Waals surface area contributed by atoms with Gasteiger partial charge in [0.25, 0.3) is 0 Å². The van der Waals surface area contributed by atoms with Crippen LogP contribution in [0.5, 0.6) is 0 Å². The number of benzene rings is 12. The monoisotopic (exact) mass is 1090 g/mol. The van der Waals surface area contributed by atoms with Gasteiger partial charge in [0.05, 0.1) is 0 Å². The van der Waals surface area contributed by atoms with Crippen LogP contribution in [0.4, 0.5) is 101 Å². The third-order valence-electron chi connectivity index (χ3n) is 14.6. The van der Waals surface area contributed by atoms with E-state index in [4.69, 9.17) is 0 Å².